The van der Waals surface area contributed by atoms with Crippen molar-refractivity contribution in [3.63, 3.8) is 0 Å². The first kappa shape index (κ1) is 19.1. The third kappa shape index (κ3) is 5.97. The van der Waals surface area contributed by atoms with E-state index in [1.54, 1.807) is 6.92 Å². The number of nitro benzene ring substituents is 1. The van der Waals surface area contributed by atoms with Crippen molar-refractivity contribution in [1.29, 1.82) is 0 Å². The van der Waals surface area contributed by atoms with E-state index >= 15 is 0 Å². The Morgan fingerprint density at radius 3 is 2.67 bits per heavy atom. The van der Waals surface area contributed by atoms with Crippen LogP contribution in [-0.4, -0.2) is 37.6 Å². The second kappa shape index (κ2) is 9.95. The van der Waals surface area contributed by atoms with Crippen LogP contribution in [-0.2, 0) is 0 Å². The number of hydrogen-bond donors (Lipinski definition) is 2. The summed E-state index contributed by atoms with van der Waals surface area (Å²) in [6.45, 7) is 3.38. The Labute approximate surface area is 129 Å². The standard InChI is InChI=1S/C13H19N3O4.ClH/c1-3-20-12-6-5-10(9-11(12)16(18)19)13(17)15-8-4-7-14-2;/h5-6,9,14H,3-4,7-8H2,1-2H3,(H,15,17);1H. The van der Waals surface area contributed by atoms with Crippen LogP contribution in [0.2, 0.25) is 0 Å². The Morgan fingerprint density at radius 2 is 2.10 bits per heavy atom. The Bertz CT molecular complexity index is 482. The lowest BCUT2D eigenvalue weighted by Gasteiger charge is -2.07. The fourth-order valence-corrected chi connectivity index (χ4v) is 1.65. The molecule has 0 aliphatic carbocycles. The number of halogens is 1. The summed E-state index contributed by atoms with van der Waals surface area (Å²) in [6, 6.07) is 4.20. The smallest absolute Gasteiger partial charge is 0.311 e. The van der Waals surface area contributed by atoms with Gasteiger partial charge in [-0.15, -0.1) is 12.4 Å². The highest BCUT2D eigenvalue weighted by atomic mass is 35.5. The summed E-state index contributed by atoms with van der Waals surface area (Å²) in [4.78, 5) is 22.3. The molecular formula is C13H20ClN3O4. The molecule has 0 saturated carbocycles. The molecule has 0 aliphatic rings. The van der Waals surface area contributed by atoms with Gasteiger partial charge in [-0.05, 0) is 39.1 Å². The third-order valence-electron chi connectivity index (χ3n) is 2.61. The molecule has 1 aromatic carbocycles. The van der Waals surface area contributed by atoms with E-state index in [9.17, 15) is 14.9 Å². The second-order valence-corrected chi connectivity index (χ2v) is 4.09. The number of carbonyl (C=O) groups excluding carboxylic acids is 1. The Balaban J connectivity index is 0.00000400. The Morgan fingerprint density at radius 1 is 1.38 bits per heavy atom. The van der Waals surface area contributed by atoms with E-state index in [0.29, 0.717) is 13.2 Å². The average Bonchev–Trinajstić information content (AvgIpc) is 2.44. The lowest BCUT2D eigenvalue weighted by atomic mass is 10.1. The number of carbonyl (C=O) groups is 1. The van der Waals surface area contributed by atoms with Gasteiger partial charge in [0.15, 0.2) is 5.75 Å². The first-order chi connectivity index (χ1) is 9.60. The molecule has 0 atom stereocenters. The fourth-order valence-electron chi connectivity index (χ4n) is 1.65. The first-order valence-electron chi connectivity index (χ1n) is 6.44. The van der Waals surface area contributed by atoms with Gasteiger partial charge in [0.25, 0.3) is 5.91 Å². The summed E-state index contributed by atoms with van der Waals surface area (Å²) in [6.07, 6.45) is 0.793. The molecule has 21 heavy (non-hydrogen) atoms. The number of nitrogens with one attached hydrogen (secondary N) is 2. The number of benzene rings is 1. The number of ether oxygens (including phenoxy) is 1. The Hall–Kier alpha value is -1.86. The van der Waals surface area contributed by atoms with E-state index in [1.807, 2.05) is 7.05 Å². The van der Waals surface area contributed by atoms with Gasteiger partial charge in [0.05, 0.1) is 11.5 Å². The maximum Gasteiger partial charge on any atom is 0.311 e. The van der Waals surface area contributed by atoms with Gasteiger partial charge in [-0.3, -0.25) is 14.9 Å². The van der Waals surface area contributed by atoms with Crippen molar-refractivity contribution in [2.45, 2.75) is 13.3 Å². The van der Waals surface area contributed by atoms with Gasteiger partial charge < -0.3 is 15.4 Å². The van der Waals surface area contributed by atoms with Gasteiger partial charge in [-0.2, -0.15) is 0 Å². The van der Waals surface area contributed by atoms with Crippen LogP contribution >= 0.6 is 12.4 Å². The van der Waals surface area contributed by atoms with Crippen LogP contribution in [0.1, 0.15) is 23.7 Å². The summed E-state index contributed by atoms with van der Waals surface area (Å²) in [5.41, 5.74) is 0.0549. The molecule has 118 valence electrons. The van der Waals surface area contributed by atoms with E-state index < -0.39 is 4.92 Å². The molecule has 7 nitrogen and oxygen atoms in total. The highest BCUT2D eigenvalue weighted by molar-refractivity contribution is 5.95. The molecule has 1 amide bonds. The van der Waals surface area contributed by atoms with Crippen LogP contribution < -0.4 is 15.4 Å². The molecule has 0 radical (unpaired) electrons. The van der Waals surface area contributed by atoms with E-state index in [0.717, 1.165) is 13.0 Å². The van der Waals surface area contributed by atoms with Crippen molar-refractivity contribution in [2.75, 3.05) is 26.7 Å². The maximum atomic E-state index is 11.9. The highest BCUT2D eigenvalue weighted by Crippen LogP contribution is 2.27. The van der Waals surface area contributed by atoms with Crippen LogP contribution in [0, 0.1) is 10.1 Å². The van der Waals surface area contributed by atoms with Gasteiger partial charge in [-0.1, -0.05) is 0 Å². The molecule has 2 N–H and O–H groups in total. The van der Waals surface area contributed by atoms with Crippen LogP contribution in [0.15, 0.2) is 18.2 Å². The number of hydrogen-bond acceptors (Lipinski definition) is 5. The molecule has 0 saturated heterocycles. The molecule has 0 aromatic heterocycles. The highest BCUT2D eigenvalue weighted by Gasteiger charge is 2.18. The topological polar surface area (TPSA) is 93.5 Å². The predicted molar refractivity (Wildman–Crippen MR) is 82.4 cm³/mol. The van der Waals surface area contributed by atoms with E-state index in [4.69, 9.17) is 4.74 Å². The number of amides is 1. The third-order valence-corrected chi connectivity index (χ3v) is 2.61. The minimum Gasteiger partial charge on any atom is -0.487 e. The van der Waals surface area contributed by atoms with E-state index in [-0.39, 0.29) is 35.3 Å². The van der Waals surface area contributed by atoms with E-state index in [1.165, 1.54) is 18.2 Å². The molecule has 0 spiro atoms. The normalized spacial score (nSPS) is 9.62. The van der Waals surface area contributed by atoms with Gasteiger partial charge in [-0.25, -0.2) is 0 Å². The molecule has 0 unspecified atom stereocenters. The lowest BCUT2D eigenvalue weighted by molar-refractivity contribution is -0.385. The number of rotatable bonds is 8. The van der Waals surface area contributed by atoms with Crippen molar-refractivity contribution in [3.8, 4) is 5.75 Å². The summed E-state index contributed by atoms with van der Waals surface area (Å²) in [7, 11) is 1.83. The van der Waals surface area contributed by atoms with Gasteiger partial charge in [0, 0.05) is 18.2 Å². The zero-order valence-electron chi connectivity index (χ0n) is 12.0. The molecule has 0 aliphatic heterocycles. The molecule has 8 heteroatoms. The lowest BCUT2D eigenvalue weighted by Crippen LogP contribution is -2.26. The van der Waals surface area contributed by atoms with Crippen molar-refractivity contribution < 1.29 is 14.5 Å². The summed E-state index contributed by atoms with van der Waals surface area (Å²) in [5, 5.41) is 16.6. The Kier molecular flexibility index (Phi) is 9.07. The van der Waals surface area contributed by atoms with Gasteiger partial charge >= 0.3 is 5.69 Å². The van der Waals surface area contributed by atoms with Crippen LogP contribution in [0.25, 0.3) is 0 Å². The molecule has 0 fully saturated rings. The van der Waals surface area contributed by atoms with Gasteiger partial charge in [0.2, 0.25) is 0 Å². The molecule has 0 bridgehead atoms. The zero-order valence-corrected chi connectivity index (χ0v) is 12.9. The molecule has 1 rings (SSSR count). The fraction of sp³-hybridized carbons (Fsp3) is 0.462. The second-order valence-electron chi connectivity index (χ2n) is 4.09. The van der Waals surface area contributed by atoms with Crippen molar-refractivity contribution in [2.24, 2.45) is 0 Å². The van der Waals surface area contributed by atoms with Crippen molar-refractivity contribution >= 4 is 24.0 Å². The van der Waals surface area contributed by atoms with E-state index in [2.05, 4.69) is 10.6 Å². The SMILES string of the molecule is CCOc1ccc(C(=O)NCCCNC)cc1[N+](=O)[O-].Cl. The largest absolute Gasteiger partial charge is 0.487 e. The zero-order chi connectivity index (χ0) is 15.0. The monoisotopic (exact) mass is 317 g/mol. The summed E-state index contributed by atoms with van der Waals surface area (Å²) < 4.78 is 5.16. The van der Waals surface area contributed by atoms with Crippen molar-refractivity contribution in [3.05, 3.63) is 33.9 Å². The minimum absolute atomic E-state index is 0. The number of nitro groups is 1. The maximum absolute atomic E-state index is 11.9. The van der Waals surface area contributed by atoms with Crippen LogP contribution in [0.4, 0.5) is 5.69 Å². The number of nitrogens with zero attached hydrogens (tertiary/aromatic N) is 1. The molecule has 1 aromatic rings. The predicted octanol–water partition coefficient (Wildman–Crippen LogP) is 1.75. The molecular weight excluding hydrogens is 298 g/mol. The van der Waals surface area contributed by atoms with Crippen LogP contribution in [0.3, 0.4) is 0 Å². The van der Waals surface area contributed by atoms with Gasteiger partial charge in [0.1, 0.15) is 0 Å². The molecule has 0 heterocycles. The van der Waals surface area contributed by atoms with Crippen LogP contribution in [0.5, 0.6) is 5.75 Å². The summed E-state index contributed by atoms with van der Waals surface area (Å²) in [5.74, 6) is -0.156. The minimum atomic E-state index is -0.553. The van der Waals surface area contributed by atoms with Crippen molar-refractivity contribution in [1.82, 2.24) is 10.6 Å². The quantitative estimate of drug-likeness (QED) is 0.433. The summed E-state index contributed by atoms with van der Waals surface area (Å²) >= 11 is 0. The average molecular weight is 318 g/mol. The first-order valence-corrected chi connectivity index (χ1v) is 6.44.